The third-order valence-electron chi connectivity index (χ3n) is 3.71. The Bertz CT molecular complexity index is 895. The molecule has 8 heteroatoms. The van der Waals surface area contributed by atoms with E-state index < -0.39 is 17.3 Å². The van der Waals surface area contributed by atoms with Gasteiger partial charge >= 0.3 is 6.18 Å². The summed E-state index contributed by atoms with van der Waals surface area (Å²) in [4.78, 5) is 13.0. The zero-order chi connectivity index (χ0) is 18.7. The van der Waals surface area contributed by atoms with E-state index >= 15 is 0 Å². The molecule has 0 amide bonds. The summed E-state index contributed by atoms with van der Waals surface area (Å²) in [6.45, 7) is 0. The maximum atomic E-state index is 13.0. The van der Waals surface area contributed by atoms with E-state index in [-0.39, 0.29) is 10.9 Å². The summed E-state index contributed by atoms with van der Waals surface area (Å²) >= 11 is 0.948. The Morgan fingerprint density at radius 3 is 2.12 bits per heavy atom. The number of benzene rings is 2. The van der Waals surface area contributed by atoms with E-state index in [0.29, 0.717) is 11.1 Å². The molecule has 0 saturated heterocycles. The van der Waals surface area contributed by atoms with E-state index in [2.05, 4.69) is 10.2 Å². The highest BCUT2D eigenvalue weighted by molar-refractivity contribution is 8.00. The molecule has 134 valence electrons. The Hall–Kier alpha value is -2.61. The molecule has 1 atom stereocenters. The molecule has 26 heavy (non-hydrogen) atoms. The highest BCUT2D eigenvalue weighted by Gasteiger charge is 2.38. The first-order valence-electron chi connectivity index (χ1n) is 7.65. The maximum Gasteiger partial charge on any atom is 0.451 e. The number of aromatic nitrogens is 3. The number of carbonyl (C=O) groups excluding carboxylic acids is 1. The average molecular weight is 377 g/mol. The summed E-state index contributed by atoms with van der Waals surface area (Å²) in [5.41, 5.74) is 1.16. The lowest BCUT2D eigenvalue weighted by atomic mass is 10.0. The van der Waals surface area contributed by atoms with E-state index in [0.717, 1.165) is 16.3 Å². The first kappa shape index (κ1) is 18.2. The Morgan fingerprint density at radius 2 is 1.58 bits per heavy atom. The normalized spacial score (nSPS) is 12.8. The molecule has 1 aromatic heterocycles. The van der Waals surface area contributed by atoms with E-state index in [1.165, 1.54) is 7.05 Å². The van der Waals surface area contributed by atoms with Crippen molar-refractivity contribution in [3.63, 3.8) is 0 Å². The van der Waals surface area contributed by atoms with Gasteiger partial charge in [0.25, 0.3) is 0 Å². The molecule has 1 heterocycles. The van der Waals surface area contributed by atoms with Gasteiger partial charge < -0.3 is 4.57 Å². The van der Waals surface area contributed by atoms with Crippen LogP contribution in [0.15, 0.2) is 65.8 Å². The molecule has 3 aromatic rings. The molecule has 0 fully saturated rings. The minimum absolute atomic E-state index is 0.0236. The van der Waals surface area contributed by atoms with Crippen molar-refractivity contribution in [3.8, 4) is 0 Å². The number of carbonyl (C=O) groups is 1. The molecule has 0 aliphatic heterocycles. The van der Waals surface area contributed by atoms with Crippen molar-refractivity contribution in [2.24, 2.45) is 7.05 Å². The number of hydrogen-bond acceptors (Lipinski definition) is 4. The fourth-order valence-electron chi connectivity index (χ4n) is 2.42. The Morgan fingerprint density at radius 1 is 1.00 bits per heavy atom. The third-order valence-corrected chi connectivity index (χ3v) is 5.00. The van der Waals surface area contributed by atoms with Crippen molar-refractivity contribution in [1.82, 2.24) is 14.8 Å². The van der Waals surface area contributed by atoms with Gasteiger partial charge in [-0.2, -0.15) is 13.2 Å². The Kier molecular flexibility index (Phi) is 5.13. The van der Waals surface area contributed by atoms with Gasteiger partial charge in [0.15, 0.2) is 10.9 Å². The summed E-state index contributed by atoms with van der Waals surface area (Å²) in [6.07, 6.45) is -4.60. The predicted octanol–water partition coefficient (Wildman–Crippen LogP) is 4.55. The molecule has 0 N–H and O–H groups in total. The van der Waals surface area contributed by atoms with E-state index in [9.17, 15) is 18.0 Å². The van der Waals surface area contributed by atoms with Crippen LogP contribution in [0.4, 0.5) is 13.2 Å². The summed E-state index contributed by atoms with van der Waals surface area (Å²) in [5.74, 6) is -1.31. The van der Waals surface area contributed by atoms with Gasteiger partial charge in [0.2, 0.25) is 5.82 Å². The monoisotopic (exact) mass is 377 g/mol. The molecule has 0 spiro atoms. The minimum atomic E-state index is -4.60. The Balaban J connectivity index is 1.98. The zero-order valence-corrected chi connectivity index (χ0v) is 14.5. The molecule has 1 unspecified atom stereocenters. The van der Waals surface area contributed by atoms with Crippen molar-refractivity contribution in [2.45, 2.75) is 16.6 Å². The second-order valence-electron chi connectivity index (χ2n) is 5.50. The number of thioether (sulfide) groups is 1. The van der Waals surface area contributed by atoms with Crippen molar-refractivity contribution in [1.29, 1.82) is 0 Å². The van der Waals surface area contributed by atoms with E-state index in [1.54, 1.807) is 54.6 Å². The number of Topliss-reactive ketones (excluding diaryl/α,β-unsaturated/α-hetero) is 1. The highest BCUT2D eigenvalue weighted by atomic mass is 32.2. The van der Waals surface area contributed by atoms with Crippen LogP contribution in [0.3, 0.4) is 0 Å². The first-order valence-corrected chi connectivity index (χ1v) is 8.53. The van der Waals surface area contributed by atoms with Crippen LogP contribution in [0, 0.1) is 0 Å². The topological polar surface area (TPSA) is 47.8 Å². The molecular weight excluding hydrogens is 363 g/mol. The van der Waals surface area contributed by atoms with Crippen LogP contribution < -0.4 is 0 Å². The molecule has 0 aliphatic rings. The number of hydrogen-bond donors (Lipinski definition) is 0. The quantitative estimate of drug-likeness (QED) is 0.483. The summed E-state index contributed by atoms with van der Waals surface area (Å²) in [5, 5.41) is 6.14. The molecule has 0 bridgehead atoms. The SMILES string of the molecule is Cn1c(SC(C(=O)c2ccccc2)c2ccccc2)nnc1C(F)(F)F. The lowest BCUT2D eigenvalue weighted by Crippen LogP contribution is -2.14. The second-order valence-corrected chi connectivity index (χ2v) is 6.57. The smallest absolute Gasteiger partial charge is 0.302 e. The van der Waals surface area contributed by atoms with Crippen molar-refractivity contribution in [3.05, 3.63) is 77.6 Å². The average Bonchev–Trinajstić information content (AvgIpc) is 3.01. The van der Waals surface area contributed by atoms with Crippen LogP contribution in [0.5, 0.6) is 0 Å². The summed E-state index contributed by atoms with van der Waals surface area (Å²) < 4.78 is 39.7. The van der Waals surface area contributed by atoms with Crippen molar-refractivity contribution < 1.29 is 18.0 Å². The van der Waals surface area contributed by atoms with Crippen LogP contribution in [-0.2, 0) is 13.2 Å². The maximum absolute atomic E-state index is 13.0. The summed E-state index contributed by atoms with van der Waals surface area (Å²) in [6, 6.07) is 17.5. The van der Waals surface area contributed by atoms with Gasteiger partial charge in [-0.3, -0.25) is 4.79 Å². The van der Waals surface area contributed by atoms with Crippen LogP contribution in [-0.4, -0.2) is 20.5 Å². The standard InChI is InChI=1S/C18H14F3N3OS/c1-24-16(18(19,20)21)22-23-17(24)26-15(13-10-6-3-7-11-13)14(25)12-8-4-2-5-9-12/h2-11,15H,1H3. The Labute approximate surface area is 152 Å². The highest BCUT2D eigenvalue weighted by Crippen LogP contribution is 2.38. The molecule has 0 saturated carbocycles. The number of nitrogens with zero attached hydrogens (tertiary/aromatic N) is 3. The van der Waals surface area contributed by atoms with E-state index in [4.69, 9.17) is 0 Å². The van der Waals surface area contributed by atoms with Gasteiger partial charge in [0, 0.05) is 12.6 Å². The zero-order valence-electron chi connectivity index (χ0n) is 13.6. The van der Waals surface area contributed by atoms with Crippen LogP contribution in [0.25, 0.3) is 0 Å². The first-order chi connectivity index (χ1) is 12.4. The van der Waals surface area contributed by atoms with Gasteiger partial charge in [-0.15, -0.1) is 10.2 Å². The molecule has 4 nitrogen and oxygen atoms in total. The molecule has 0 radical (unpaired) electrons. The van der Waals surface area contributed by atoms with Gasteiger partial charge in [0.05, 0.1) is 0 Å². The molecule has 3 rings (SSSR count). The summed E-state index contributed by atoms with van der Waals surface area (Å²) in [7, 11) is 1.24. The fraction of sp³-hybridized carbons (Fsp3) is 0.167. The minimum Gasteiger partial charge on any atom is -0.302 e. The molecular formula is C18H14F3N3OS. The number of halogens is 3. The lowest BCUT2D eigenvalue weighted by molar-refractivity contribution is -0.147. The lowest BCUT2D eigenvalue weighted by Gasteiger charge is -2.16. The van der Waals surface area contributed by atoms with Crippen LogP contribution in [0.1, 0.15) is 27.0 Å². The van der Waals surface area contributed by atoms with Gasteiger partial charge in [-0.05, 0) is 5.56 Å². The molecule has 2 aromatic carbocycles. The van der Waals surface area contributed by atoms with Crippen LogP contribution in [0.2, 0.25) is 0 Å². The van der Waals surface area contributed by atoms with Gasteiger partial charge in [0.1, 0.15) is 5.25 Å². The van der Waals surface area contributed by atoms with Crippen LogP contribution >= 0.6 is 11.8 Å². The van der Waals surface area contributed by atoms with Crippen molar-refractivity contribution in [2.75, 3.05) is 0 Å². The van der Waals surface area contributed by atoms with Gasteiger partial charge in [-0.25, -0.2) is 0 Å². The number of rotatable bonds is 5. The van der Waals surface area contributed by atoms with Gasteiger partial charge in [-0.1, -0.05) is 72.4 Å². The third kappa shape index (κ3) is 3.80. The van der Waals surface area contributed by atoms with E-state index in [1.807, 2.05) is 6.07 Å². The number of ketones is 1. The number of alkyl halides is 3. The predicted molar refractivity (Wildman–Crippen MR) is 91.8 cm³/mol. The second kappa shape index (κ2) is 7.33. The van der Waals surface area contributed by atoms with Crippen molar-refractivity contribution >= 4 is 17.5 Å². The fourth-order valence-corrected chi connectivity index (χ4v) is 3.50. The largest absolute Gasteiger partial charge is 0.451 e. The molecule has 0 aliphatic carbocycles.